The number of nitrogens with two attached hydrogens (primary N) is 1. The van der Waals surface area contributed by atoms with Gasteiger partial charge in [0.25, 0.3) is 0 Å². The fourth-order valence-electron chi connectivity index (χ4n) is 3.79. The number of rotatable bonds is 6. The number of benzene rings is 2. The van der Waals surface area contributed by atoms with Crippen LogP contribution in [-0.4, -0.2) is 46.1 Å². The molecule has 1 aromatic heterocycles. The molecule has 0 unspecified atom stereocenters. The van der Waals surface area contributed by atoms with Crippen LogP contribution in [0.3, 0.4) is 0 Å². The van der Waals surface area contributed by atoms with Gasteiger partial charge in [0.05, 0.1) is 11.1 Å². The van der Waals surface area contributed by atoms with E-state index in [1.807, 2.05) is 38.1 Å². The van der Waals surface area contributed by atoms with Crippen molar-refractivity contribution in [3.05, 3.63) is 64.7 Å². The van der Waals surface area contributed by atoms with Crippen molar-refractivity contribution in [2.24, 2.45) is 0 Å². The maximum absolute atomic E-state index is 13.0. The van der Waals surface area contributed by atoms with Crippen LogP contribution in [-0.2, 0) is 4.74 Å². The van der Waals surface area contributed by atoms with Crippen molar-refractivity contribution in [1.82, 2.24) is 14.9 Å². The highest BCUT2D eigenvalue weighted by atomic mass is 79.9. The molecule has 1 aliphatic rings. The monoisotopic (exact) mass is 495 g/mol. The molecule has 2 heterocycles. The molecule has 0 saturated heterocycles. The molecule has 7 nitrogen and oxygen atoms in total. The lowest BCUT2D eigenvalue weighted by molar-refractivity contribution is -0.0154. The third-order valence-corrected chi connectivity index (χ3v) is 5.64. The van der Waals surface area contributed by atoms with Crippen molar-refractivity contribution in [3.8, 4) is 0 Å². The van der Waals surface area contributed by atoms with Gasteiger partial charge in [0, 0.05) is 35.2 Å². The summed E-state index contributed by atoms with van der Waals surface area (Å²) < 4.78 is 6.81. The summed E-state index contributed by atoms with van der Waals surface area (Å²) in [4.78, 5) is 23.9. The van der Waals surface area contributed by atoms with Crippen LogP contribution in [0, 0.1) is 0 Å². The van der Waals surface area contributed by atoms with E-state index >= 15 is 0 Å². The van der Waals surface area contributed by atoms with Crippen LogP contribution in [0.25, 0.3) is 10.9 Å². The van der Waals surface area contributed by atoms with Gasteiger partial charge < -0.3 is 15.8 Å². The Morgan fingerprint density at radius 1 is 1.22 bits per heavy atom. The fraction of sp³-hybridized carbons (Fsp3) is 0.292. The predicted molar refractivity (Wildman–Crippen MR) is 131 cm³/mol. The van der Waals surface area contributed by atoms with Gasteiger partial charge in [-0.15, -0.1) is 0 Å². The number of esters is 1. The van der Waals surface area contributed by atoms with E-state index in [0.29, 0.717) is 28.8 Å². The largest absolute Gasteiger partial charge is 0.455 e. The Hall–Kier alpha value is -2.97. The van der Waals surface area contributed by atoms with Crippen LogP contribution in [0.1, 0.15) is 30.6 Å². The van der Waals surface area contributed by atoms with Crippen molar-refractivity contribution < 1.29 is 9.53 Å². The smallest absolute Gasteiger partial charge is 0.338 e. The van der Waals surface area contributed by atoms with Crippen LogP contribution < -0.4 is 11.1 Å². The zero-order chi connectivity index (χ0) is 22.7. The highest BCUT2D eigenvalue weighted by molar-refractivity contribution is 9.10. The van der Waals surface area contributed by atoms with Gasteiger partial charge in [-0.3, -0.25) is 4.90 Å². The van der Waals surface area contributed by atoms with Crippen LogP contribution in [0.2, 0.25) is 0 Å². The molecule has 1 aliphatic heterocycles. The molecule has 0 amide bonds. The molecular formula is C24H26BrN5O2. The lowest BCUT2D eigenvalue weighted by Gasteiger charge is -2.33. The Morgan fingerprint density at radius 3 is 2.81 bits per heavy atom. The molecule has 32 heavy (non-hydrogen) atoms. The van der Waals surface area contributed by atoms with Gasteiger partial charge in [0.15, 0.2) is 0 Å². The number of carbonyl (C=O) groups excluding carboxylic acids is 1. The quantitative estimate of drug-likeness (QED) is 0.370. The number of halogens is 1. The topological polar surface area (TPSA) is 93.4 Å². The average Bonchev–Trinajstić information content (AvgIpc) is 2.73. The van der Waals surface area contributed by atoms with E-state index in [4.69, 9.17) is 10.5 Å². The van der Waals surface area contributed by atoms with E-state index in [1.54, 1.807) is 18.2 Å². The van der Waals surface area contributed by atoms with Crippen molar-refractivity contribution >= 4 is 50.3 Å². The van der Waals surface area contributed by atoms with Gasteiger partial charge in [0.1, 0.15) is 11.4 Å². The first-order chi connectivity index (χ1) is 15.3. The predicted octanol–water partition coefficient (Wildman–Crippen LogP) is 4.92. The molecular weight excluding hydrogens is 470 g/mol. The van der Waals surface area contributed by atoms with Gasteiger partial charge in [-0.25, -0.2) is 9.78 Å². The molecule has 3 N–H and O–H groups in total. The molecule has 2 aromatic carbocycles. The second kappa shape index (κ2) is 9.26. The highest BCUT2D eigenvalue weighted by Gasteiger charge is 2.27. The third kappa shape index (κ3) is 5.44. The van der Waals surface area contributed by atoms with E-state index in [1.165, 1.54) is 0 Å². The number of anilines is 3. The van der Waals surface area contributed by atoms with Crippen molar-refractivity contribution in [2.45, 2.75) is 25.9 Å². The number of hydrogen-bond donors (Lipinski definition) is 2. The summed E-state index contributed by atoms with van der Waals surface area (Å²) in [7, 11) is 0. The number of aromatic nitrogens is 2. The molecule has 0 radical (unpaired) electrons. The van der Waals surface area contributed by atoms with E-state index < -0.39 is 5.60 Å². The highest BCUT2D eigenvalue weighted by Crippen LogP contribution is 2.28. The fourth-order valence-corrected chi connectivity index (χ4v) is 4.18. The SMILES string of the molecule is CC(C)(CN1CC=CCC1)OC(=O)c1ccc2nc(N)nc(Nc3cccc(Br)c3)c2c1. The molecule has 0 atom stereocenters. The number of nitrogen functional groups attached to an aromatic ring is 1. The summed E-state index contributed by atoms with van der Waals surface area (Å²) in [6, 6.07) is 12.9. The van der Waals surface area contributed by atoms with Gasteiger partial charge in [-0.05, 0) is 56.7 Å². The van der Waals surface area contributed by atoms with Gasteiger partial charge in [-0.2, -0.15) is 4.98 Å². The summed E-state index contributed by atoms with van der Waals surface area (Å²) >= 11 is 3.47. The van der Waals surface area contributed by atoms with Gasteiger partial charge in [0.2, 0.25) is 5.95 Å². The minimum atomic E-state index is -0.619. The van der Waals surface area contributed by atoms with Crippen LogP contribution in [0.15, 0.2) is 59.1 Å². The first-order valence-corrected chi connectivity index (χ1v) is 11.3. The first kappa shape index (κ1) is 22.2. The Morgan fingerprint density at radius 2 is 2.06 bits per heavy atom. The lowest BCUT2D eigenvalue weighted by atomic mass is 10.1. The maximum atomic E-state index is 13.0. The van der Waals surface area contributed by atoms with E-state index in [2.05, 4.69) is 48.3 Å². The molecule has 4 rings (SSSR count). The molecule has 0 spiro atoms. The Labute approximate surface area is 195 Å². The minimum Gasteiger partial charge on any atom is -0.455 e. The Kier molecular flexibility index (Phi) is 6.43. The molecule has 0 fully saturated rings. The average molecular weight is 496 g/mol. The third-order valence-electron chi connectivity index (χ3n) is 5.15. The number of nitrogens with zero attached hydrogens (tertiary/aromatic N) is 3. The second-order valence-corrected chi connectivity index (χ2v) is 9.36. The summed E-state index contributed by atoms with van der Waals surface area (Å²) in [5.41, 5.74) is 7.21. The summed E-state index contributed by atoms with van der Waals surface area (Å²) in [6.07, 6.45) is 5.35. The normalized spacial score (nSPS) is 14.5. The second-order valence-electron chi connectivity index (χ2n) is 8.44. The Balaban J connectivity index is 1.58. The Bertz CT molecular complexity index is 1180. The van der Waals surface area contributed by atoms with Gasteiger partial charge in [-0.1, -0.05) is 34.1 Å². The molecule has 0 bridgehead atoms. The van der Waals surface area contributed by atoms with Crippen LogP contribution in [0.5, 0.6) is 0 Å². The molecule has 0 aliphatic carbocycles. The lowest BCUT2D eigenvalue weighted by Crippen LogP contribution is -2.43. The van der Waals surface area contributed by atoms with E-state index in [9.17, 15) is 4.79 Å². The number of fused-ring (bicyclic) bond motifs is 1. The van der Waals surface area contributed by atoms with Crippen LogP contribution >= 0.6 is 15.9 Å². The van der Waals surface area contributed by atoms with Crippen molar-refractivity contribution in [2.75, 3.05) is 30.7 Å². The number of hydrogen-bond acceptors (Lipinski definition) is 7. The molecule has 0 saturated carbocycles. The van der Waals surface area contributed by atoms with Crippen LogP contribution in [0.4, 0.5) is 17.5 Å². The minimum absolute atomic E-state index is 0.155. The summed E-state index contributed by atoms with van der Waals surface area (Å²) in [5.74, 6) is 0.302. The maximum Gasteiger partial charge on any atom is 0.338 e. The first-order valence-electron chi connectivity index (χ1n) is 10.5. The van der Waals surface area contributed by atoms with Crippen molar-refractivity contribution in [3.63, 3.8) is 0 Å². The number of carbonyl (C=O) groups is 1. The zero-order valence-electron chi connectivity index (χ0n) is 18.1. The molecule has 166 valence electrons. The van der Waals surface area contributed by atoms with Gasteiger partial charge >= 0.3 is 5.97 Å². The number of ether oxygens (including phenoxy) is 1. The summed E-state index contributed by atoms with van der Waals surface area (Å²) in [5, 5.41) is 3.96. The van der Waals surface area contributed by atoms with E-state index in [-0.39, 0.29) is 11.9 Å². The number of nitrogens with one attached hydrogen (secondary N) is 1. The molecule has 8 heteroatoms. The standard InChI is InChI=1S/C24H26BrN5O2/c1-24(2,15-30-11-4-3-5-12-30)32-22(31)16-9-10-20-19(13-16)21(29-23(26)28-20)27-18-8-6-7-17(25)14-18/h3-4,6-10,13-14H,5,11-12,15H2,1-2H3,(H3,26,27,28,29). The van der Waals surface area contributed by atoms with Crippen molar-refractivity contribution in [1.29, 1.82) is 0 Å². The molecule has 3 aromatic rings. The zero-order valence-corrected chi connectivity index (χ0v) is 19.7. The summed E-state index contributed by atoms with van der Waals surface area (Å²) in [6.45, 7) is 6.39. The van der Waals surface area contributed by atoms with E-state index in [0.717, 1.165) is 29.7 Å².